The van der Waals surface area contributed by atoms with Gasteiger partial charge in [-0.1, -0.05) is 30.4 Å². The van der Waals surface area contributed by atoms with Crippen LogP contribution in [0.4, 0.5) is 0 Å². The molecule has 0 amide bonds. The van der Waals surface area contributed by atoms with E-state index >= 15 is 0 Å². The molecular weight excluding hydrogens is 178 g/mol. The van der Waals surface area contributed by atoms with Crippen LogP contribution in [0, 0.1) is 0 Å². The summed E-state index contributed by atoms with van der Waals surface area (Å²) in [5.41, 5.74) is 6.88. The number of thioether (sulfide) groups is 1. The molecule has 0 saturated heterocycles. The SMILES string of the molecule is CSc1ccccc1/C=C/C(C)N. The van der Waals surface area contributed by atoms with Gasteiger partial charge in [0.05, 0.1) is 0 Å². The van der Waals surface area contributed by atoms with Crippen LogP contribution < -0.4 is 5.73 Å². The van der Waals surface area contributed by atoms with Crippen LogP contribution >= 0.6 is 11.8 Å². The van der Waals surface area contributed by atoms with Crippen molar-refractivity contribution in [2.75, 3.05) is 6.26 Å². The molecule has 0 aliphatic carbocycles. The Hall–Kier alpha value is -0.730. The summed E-state index contributed by atoms with van der Waals surface area (Å²) >= 11 is 1.76. The van der Waals surface area contributed by atoms with Crippen molar-refractivity contribution in [3.05, 3.63) is 35.9 Å². The maximum Gasteiger partial charge on any atom is 0.0198 e. The first-order valence-electron chi connectivity index (χ1n) is 4.31. The zero-order valence-corrected chi connectivity index (χ0v) is 8.84. The first-order chi connectivity index (χ1) is 6.24. The number of rotatable bonds is 3. The molecule has 0 aliphatic rings. The van der Waals surface area contributed by atoms with Crippen molar-refractivity contribution in [1.29, 1.82) is 0 Å². The average Bonchev–Trinajstić information content (AvgIpc) is 2.15. The van der Waals surface area contributed by atoms with E-state index in [4.69, 9.17) is 5.73 Å². The summed E-state index contributed by atoms with van der Waals surface area (Å²) < 4.78 is 0. The van der Waals surface area contributed by atoms with Crippen LogP contribution in [0.25, 0.3) is 6.08 Å². The first-order valence-corrected chi connectivity index (χ1v) is 5.53. The number of nitrogens with two attached hydrogens (primary N) is 1. The quantitative estimate of drug-likeness (QED) is 0.747. The summed E-state index contributed by atoms with van der Waals surface area (Å²) in [6.07, 6.45) is 6.17. The van der Waals surface area contributed by atoms with Gasteiger partial charge in [-0.25, -0.2) is 0 Å². The summed E-state index contributed by atoms with van der Waals surface area (Å²) in [4.78, 5) is 1.29. The monoisotopic (exact) mass is 193 g/mol. The molecule has 0 aliphatic heterocycles. The summed E-state index contributed by atoms with van der Waals surface area (Å²) in [6, 6.07) is 8.43. The van der Waals surface area contributed by atoms with Gasteiger partial charge in [0.2, 0.25) is 0 Å². The zero-order chi connectivity index (χ0) is 9.68. The Morgan fingerprint density at radius 3 is 2.69 bits per heavy atom. The van der Waals surface area contributed by atoms with Crippen molar-refractivity contribution < 1.29 is 0 Å². The Bertz CT molecular complexity index is 292. The Kier molecular flexibility index (Phi) is 4.06. The maximum atomic E-state index is 5.64. The second kappa shape index (κ2) is 5.10. The lowest BCUT2D eigenvalue weighted by atomic mass is 10.2. The number of benzene rings is 1. The minimum Gasteiger partial charge on any atom is -0.325 e. The van der Waals surface area contributed by atoms with Crippen LogP contribution in [0.5, 0.6) is 0 Å². The predicted octanol–water partition coefficient (Wildman–Crippen LogP) is 2.77. The van der Waals surface area contributed by atoms with Crippen LogP contribution in [0.2, 0.25) is 0 Å². The minimum atomic E-state index is 0.120. The highest BCUT2D eigenvalue weighted by Crippen LogP contribution is 2.20. The zero-order valence-electron chi connectivity index (χ0n) is 8.03. The van der Waals surface area contributed by atoms with E-state index in [2.05, 4.69) is 30.5 Å². The molecule has 70 valence electrons. The van der Waals surface area contributed by atoms with Gasteiger partial charge in [-0.05, 0) is 24.8 Å². The molecule has 0 radical (unpaired) electrons. The second-order valence-electron chi connectivity index (χ2n) is 2.96. The van der Waals surface area contributed by atoms with E-state index in [1.54, 1.807) is 11.8 Å². The summed E-state index contributed by atoms with van der Waals surface area (Å²) in [5.74, 6) is 0. The molecule has 0 spiro atoms. The topological polar surface area (TPSA) is 26.0 Å². The van der Waals surface area contributed by atoms with Gasteiger partial charge in [-0.15, -0.1) is 11.8 Å². The lowest BCUT2D eigenvalue weighted by molar-refractivity contribution is 0.930. The Morgan fingerprint density at radius 1 is 1.38 bits per heavy atom. The van der Waals surface area contributed by atoms with Gasteiger partial charge >= 0.3 is 0 Å². The highest BCUT2D eigenvalue weighted by molar-refractivity contribution is 7.98. The van der Waals surface area contributed by atoms with Crippen LogP contribution in [-0.2, 0) is 0 Å². The van der Waals surface area contributed by atoms with Crippen molar-refractivity contribution in [1.82, 2.24) is 0 Å². The van der Waals surface area contributed by atoms with E-state index in [0.29, 0.717) is 0 Å². The van der Waals surface area contributed by atoms with Crippen molar-refractivity contribution in [3.63, 3.8) is 0 Å². The molecule has 1 unspecified atom stereocenters. The van der Waals surface area contributed by atoms with Gasteiger partial charge in [0.25, 0.3) is 0 Å². The molecule has 1 aromatic rings. The largest absolute Gasteiger partial charge is 0.325 e. The minimum absolute atomic E-state index is 0.120. The molecule has 0 aromatic heterocycles. The normalized spacial score (nSPS) is 13.5. The molecule has 0 heterocycles. The fraction of sp³-hybridized carbons (Fsp3) is 0.273. The van der Waals surface area contributed by atoms with E-state index in [1.165, 1.54) is 10.5 Å². The van der Waals surface area contributed by atoms with E-state index in [9.17, 15) is 0 Å². The van der Waals surface area contributed by atoms with Crippen molar-refractivity contribution in [2.24, 2.45) is 5.73 Å². The molecular formula is C11H15NS. The molecule has 2 heteroatoms. The smallest absolute Gasteiger partial charge is 0.0198 e. The standard InChI is InChI=1S/C11H15NS/c1-9(12)7-8-10-5-3-4-6-11(10)13-2/h3-9H,12H2,1-2H3/b8-7+. The highest BCUT2D eigenvalue weighted by atomic mass is 32.2. The highest BCUT2D eigenvalue weighted by Gasteiger charge is 1.95. The second-order valence-corrected chi connectivity index (χ2v) is 3.81. The van der Waals surface area contributed by atoms with Crippen LogP contribution in [0.3, 0.4) is 0 Å². The van der Waals surface area contributed by atoms with Crippen LogP contribution in [0.1, 0.15) is 12.5 Å². The Morgan fingerprint density at radius 2 is 2.08 bits per heavy atom. The lowest BCUT2D eigenvalue weighted by Crippen LogP contribution is -2.09. The van der Waals surface area contributed by atoms with Crippen molar-refractivity contribution in [3.8, 4) is 0 Å². The van der Waals surface area contributed by atoms with Gasteiger partial charge in [-0.2, -0.15) is 0 Å². The van der Waals surface area contributed by atoms with E-state index < -0.39 is 0 Å². The fourth-order valence-electron chi connectivity index (χ4n) is 1.06. The summed E-state index contributed by atoms with van der Waals surface area (Å²) in [6.45, 7) is 1.97. The summed E-state index contributed by atoms with van der Waals surface area (Å²) in [5, 5.41) is 0. The molecule has 1 nitrogen and oxygen atoms in total. The van der Waals surface area contributed by atoms with E-state index in [0.717, 1.165) is 0 Å². The van der Waals surface area contributed by atoms with Gasteiger partial charge in [0.1, 0.15) is 0 Å². The van der Waals surface area contributed by atoms with Gasteiger partial charge in [0.15, 0.2) is 0 Å². The molecule has 1 aromatic carbocycles. The average molecular weight is 193 g/mol. The van der Waals surface area contributed by atoms with Crippen molar-refractivity contribution in [2.45, 2.75) is 17.9 Å². The first kappa shape index (κ1) is 10.4. The van der Waals surface area contributed by atoms with Crippen LogP contribution in [-0.4, -0.2) is 12.3 Å². The third-order valence-corrected chi connectivity index (χ3v) is 2.53. The lowest BCUT2D eigenvalue weighted by Gasteiger charge is -2.02. The van der Waals surface area contributed by atoms with Gasteiger partial charge in [-0.3, -0.25) is 0 Å². The number of hydrogen-bond acceptors (Lipinski definition) is 2. The molecule has 1 rings (SSSR count). The molecule has 0 bridgehead atoms. The Balaban J connectivity index is 2.87. The van der Waals surface area contributed by atoms with Gasteiger partial charge < -0.3 is 5.73 Å². The van der Waals surface area contributed by atoms with E-state index in [-0.39, 0.29) is 6.04 Å². The molecule has 2 N–H and O–H groups in total. The molecule has 0 saturated carbocycles. The molecule has 1 atom stereocenters. The third-order valence-electron chi connectivity index (χ3n) is 1.72. The maximum absolute atomic E-state index is 5.64. The van der Waals surface area contributed by atoms with Gasteiger partial charge in [0, 0.05) is 10.9 Å². The van der Waals surface area contributed by atoms with E-state index in [1.807, 2.05) is 19.1 Å². The predicted molar refractivity (Wildman–Crippen MR) is 60.9 cm³/mol. The van der Waals surface area contributed by atoms with Crippen LogP contribution in [0.15, 0.2) is 35.2 Å². The molecule has 13 heavy (non-hydrogen) atoms. The Labute approximate surface area is 84.0 Å². The molecule has 0 fully saturated rings. The summed E-state index contributed by atoms with van der Waals surface area (Å²) in [7, 11) is 0. The number of hydrogen-bond donors (Lipinski definition) is 1. The fourth-order valence-corrected chi connectivity index (χ4v) is 1.65. The third kappa shape index (κ3) is 3.25. The van der Waals surface area contributed by atoms with Crippen molar-refractivity contribution >= 4 is 17.8 Å².